The smallest absolute Gasteiger partial charge is 0.151 e. The normalized spacial score (nSPS) is 11.3. The molecule has 5 heteroatoms. The molecule has 0 saturated carbocycles. The summed E-state index contributed by atoms with van der Waals surface area (Å²) in [6.07, 6.45) is 0. The highest BCUT2D eigenvalue weighted by molar-refractivity contribution is 5.74. The van der Waals surface area contributed by atoms with Crippen LogP contribution in [-0.4, -0.2) is 7.11 Å². The molecule has 0 aliphatic rings. The van der Waals surface area contributed by atoms with Gasteiger partial charge in [0.15, 0.2) is 5.70 Å². The highest BCUT2D eigenvalue weighted by Gasteiger charge is 2.07. The third-order valence-electron chi connectivity index (χ3n) is 3.14. The van der Waals surface area contributed by atoms with Crippen molar-refractivity contribution in [2.45, 2.75) is 0 Å². The first kappa shape index (κ1) is 14.4. The highest BCUT2D eigenvalue weighted by Crippen LogP contribution is 2.30. The van der Waals surface area contributed by atoms with Gasteiger partial charge < -0.3 is 15.9 Å². The second-order valence-corrected chi connectivity index (χ2v) is 4.32. The molecule has 0 amide bonds. The molecule has 0 radical (unpaired) electrons. The molecule has 106 valence electrons. The summed E-state index contributed by atoms with van der Waals surface area (Å²) in [5.41, 5.74) is 11.4. The quantitative estimate of drug-likeness (QED) is 0.452. The Kier molecular flexibility index (Phi) is 4.44. The molecule has 5 nitrogen and oxygen atoms in total. The van der Waals surface area contributed by atoms with Gasteiger partial charge >= 0.3 is 0 Å². The van der Waals surface area contributed by atoms with E-state index in [1.807, 2.05) is 54.6 Å². The Hall–Kier alpha value is -2.97. The van der Waals surface area contributed by atoms with E-state index in [1.165, 1.54) is 0 Å². The lowest BCUT2D eigenvalue weighted by atomic mass is 10.0. The van der Waals surface area contributed by atoms with Crippen LogP contribution >= 0.6 is 0 Å². The average Bonchev–Trinajstić information content (AvgIpc) is 2.56. The van der Waals surface area contributed by atoms with E-state index in [0.717, 1.165) is 22.4 Å². The summed E-state index contributed by atoms with van der Waals surface area (Å²) in [6.45, 7) is 0. The van der Waals surface area contributed by atoms with Crippen molar-refractivity contribution in [1.29, 1.82) is 5.26 Å². The topological polar surface area (TPSA) is 97.1 Å². The zero-order chi connectivity index (χ0) is 15.2. The summed E-state index contributed by atoms with van der Waals surface area (Å²) in [5.74, 6) is 6.05. The summed E-state index contributed by atoms with van der Waals surface area (Å²) in [7, 11) is 1.64. The van der Waals surface area contributed by atoms with Gasteiger partial charge in [-0.15, -0.1) is 0 Å². The SMILES string of the molecule is COc1ccccc1-c1ccc(/C(N)=C(\C#N)NN)cc1. The van der Waals surface area contributed by atoms with Crippen molar-refractivity contribution in [3.63, 3.8) is 0 Å². The zero-order valence-electron chi connectivity index (χ0n) is 11.6. The third kappa shape index (κ3) is 2.96. The maximum atomic E-state index is 8.91. The minimum Gasteiger partial charge on any atom is -0.496 e. The van der Waals surface area contributed by atoms with Crippen LogP contribution in [-0.2, 0) is 0 Å². The second-order valence-electron chi connectivity index (χ2n) is 4.32. The largest absolute Gasteiger partial charge is 0.496 e. The zero-order valence-corrected chi connectivity index (χ0v) is 11.6. The minimum atomic E-state index is 0.139. The van der Waals surface area contributed by atoms with Gasteiger partial charge in [-0.25, -0.2) is 5.84 Å². The number of nitriles is 1. The molecule has 0 saturated heterocycles. The van der Waals surface area contributed by atoms with Crippen LogP contribution in [0.4, 0.5) is 0 Å². The minimum absolute atomic E-state index is 0.139. The van der Waals surface area contributed by atoms with Gasteiger partial charge in [0.2, 0.25) is 0 Å². The molecule has 2 aromatic carbocycles. The maximum Gasteiger partial charge on any atom is 0.151 e. The van der Waals surface area contributed by atoms with Crippen LogP contribution in [0, 0.1) is 11.3 Å². The molecule has 0 fully saturated rings. The fourth-order valence-electron chi connectivity index (χ4n) is 2.03. The van der Waals surface area contributed by atoms with Crippen molar-refractivity contribution in [2.24, 2.45) is 11.6 Å². The van der Waals surface area contributed by atoms with Gasteiger partial charge in [-0.1, -0.05) is 42.5 Å². The fraction of sp³-hybridized carbons (Fsp3) is 0.0625. The Morgan fingerprint density at radius 3 is 2.38 bits per heavy atom. The molecule has 0 aliphatic carbocycles. The fourth-order valence-corrected chi connectivity index (χ4v) is 2.03. The number of nitrogens with zero attached hydrogens (tertiary/aromatic N) is 1. The Balaban J connectivity index is 2.40. The number of hydrazine groups is 1. The lowest BCUT2D eigenvalue weighted by Gasteiger charge is -2.10. The number of hydrogen-bond acceptors (Lipinski definition) is 5. The van der Waals surface area contributed by atoms with E-state index in [1.54, 1.807) is 7.11 Å². The van der Waals surface area contributed by atoms with Gasteiger partial charge in [-0.05, 0) is 11.6 Å². The molecular weight excluding hydrogens is 264 g/mol. The van der Waals surface area contributed by atoms with Crippen LogP contribution in [0.1, 0.15) is 5.56 Å². The van der Waals surface area contributed by atoms with Crippen molar-refractivity contribution in [3.8, 4) is 22.9 Å². The Bertz CT molecular complexity index is 699. The van der Waals surface area contributed by atoms with E-state index in [9.17, 15) is 0 Å². The van der Waals surface area contributed by atoms with E-state index in [2.05, 4.69) is 5.43 Å². The number of methoxy groups -OCH3 is 1. The first-order valence-corrected chi connectivity index (χ1v) is 6.31. The number of para-hydroxylation sites is 1. The number of hydrogen-bond donors (Lipinski definition) is 3. The monoisotopic (exact) mass is 280 g/mol. The Morgan fingerprint density at radius 2 is 1.81 bits per heavy atom. The first-order valence-electron chi connectivity index (χ1n) is 6.31. The lowest BCUT2D eigenvalue weighted by molar-refractivity contribution is 0.416. The Labute approximate surface area is 123 Å². The van der Waals surface area contributed by atoms with Crippen LogP contribution in [0.2, 0.25) is 0 Å². The predicted molar refractivity (Wildman–Crippen MR) is 82.5 cm³/mol. The Morgan fingerprint density at radius 1 is 1.14 bits per heavy atom. The molecular formula is C16H16N4O. The van der Waals surface area contributed by atoms with E-state index in [4.69, 9.17) is 21.6 Å². The summed E-state index contributed by atoms with van der Waals surface area (Å²) >= 11 is 0. The molecule has 0 atom stereocenters. The van der Waals surface area contributed by atoms with Gasteiger partial charge in [0, 0.05) is 11.1 Å². The van der Waals surface area contributed by atoms with Crippen LogP contribution < -0.4 is 21.7 Å². The molecule has 2 rings (SSSR count). The standard InChI is InChI=1S/C16H16N4O/c1-21-15-5-3-2-4-13(15)11-6-8-12(9-7-11)16(18)14(10-17)20-19/h2-9,20H,18-19H2,1H3/b16-14-. The summed E-state index contributed by atoms with van der Waals surface area (Å²) < 4.78 is 5.35. The number of benzene rings is 2. The number of nitrogens with two attached hydrogens (primary N) is 2. The van der Waals surface area contributed by atoms with Crippen molar-refractivity contribution in [1.82, 2.24) is 5.43 Å². The van der Waals surface area contributed by atoms with Crippen LogP contribution in [0.15, 0.2) is 54.2 Å². The number of ether oxygens (including phenoxy) is 1. The van der Waals surface area contributed by atoms with E-state index < -0.39 is 0 Å². The molecule has 0 bridgehead atoms. The molecule has 21 heavy (non-hydrogen) atoms. The summed E-state index contributed by atoms with van der Waals surface area (Å²) in [4.78, 5) is 0. The van der Waals surface area contributed by atoms with Gasteiger partial charge in [0.25, 0.3) is 0 Å². The number of rotatable bonds is 4. The van der Waals surface area contributed by atoms with Crippen molar-refractivity contribution >= 4 is 5.70 Å². The van der Waals surface area contributed by atoms with Crippen molar-refractivity contribution < 1.29 is 4.74 Å². The van der Waals surface area contributed by atoms with Crippen LogP contribution in [0.25, 0.3) is 16.8 Å². The van der Waals surface area contributed by atoms with E-state index >= 15 is 0 Å². The second kappa shape index (κ2) is 6.46. The van der Waals surface area contributed by atoms with Gasteiger partial charge in [0.1, 0.15) is 11.8 Å². The summed E-state index contributed by atoms with van der Waals surface area (Å²) in [6, 6.07) is 17.2. The maximum absolute atomic E-state index is 8.91. The van der Waals surface area contributed by atoms with Crippen molar-refractivity contribution in [2.75, 3.05) is 7.11 Å². The van der Waals surface area contributed by atoms with Gasteiger partial charge in [-0.3, -0.25) is 0 Å². The van der Waals surface area contributed by atoms with E-state index in [-0.39, 0.29) is 5.70 Å². The molecule has 0 aliphatic heterocycles. The summed E-state index contributed by atoms with van der Waals surface area (Å²) in [5, 5.41) is 8.91. The number of nitrogens with one attached hydrogen (secondary N) is 1. The van der Waals surface area contributed by atoms with Crippen LogP contribution in [0.3, 0.4) is 0 Å². The predicted octanol–water partition coefficient (Wildman–Crippen LogP) is 1.98. The van der Waals surface area contributed by atoms with Crippen LogP contribution in [0.5, 0.6) is 5.75 Å². The lowest BCUT2D eigenvalue weighted by Crippen LogP contribution is -2.23. The van der Waals surface area contributed by atoms with Gasteiger partial charge in [0.05, 0.1) is 12.8 Å². The molecule has 0 unspecified atom stereocenters. The average molecular weight is 280 g/mol. The van der Waals surface area contributed by atoms with Crippen molar-refractivity contribution in [3.05, 3.63) is 59.8 Å². The van der Waals surface area contributed by atoms with E-state index in [0.29, 0.717) is 5.70 Å². The molecule has 0 heterocycles. The molecule has 5 N–H and O–H groups in total. The first-order chi connectivity index (χ1) is 10.2. The molecule has 0 spiro atoms. The van der Waals surface area contributed by atoms with Gasteiger partial charge in [-0.2, -0.15) is 5.26 Å². The third-order valence-corrected chi connectivity index (χ3v) is 3.14. The highest BCUT2D eigenvalue weighted by atomic mass is 16.5. The molecule has 2 aromatic rings. The number of allylic oxidation sites excluding steroid dienone is 1. The molecule has 0 aromatic heterocycles.